The van der Waals surface area contributed by atoms with E-state index >= 15 is 0 Å². The highest BCUT2D eigenvalue weighted by Gasteiger charge is 2.45. The van der Waals surface area contributed by atoms with E-state index in [9.17, 15) is 14.7 Å². The standard InChI is InChI=1S/C22H28N4O3/c27-21(15-25-19-9-5-4-6-17(19)12-20(25)22(28)29)23-11-10-16-13-24-26(14-16)18-7-2-1-3-8-18/h1-3,7-8,13-14,17,19-20H,4-6,9-12,15H2,(H,23,27)(H,28,29). The molecule has 0 radical (unpaired) electrons. The molecular weight excluding hydrogens is 368 g/mol. The van der Waals surface area contributed by atoms with Gasteiger partial charge in [0, 0.05) is 18.8 Å². The lowest BCUT2D eigenvalue weighted by atomic mass is 9.85. The lowest BCUT2D eigenvalue weighted by Gasteiger charge is -2.32. The van der Waals surface area contributed by atoms with Gasteiger partial charge in [-0.05, 0) is 49.3 Å². The van der Waals surface area contributed by atoms with Gasteiger partial charge in [0.2, 0.25) is 5.91 Å². The quantitative estimate of drug-likeness (QED) is 0.750. The predicted molar refractivity (Wildman–Crippen MR) is 109 cm³/mol. The summed E-state index contributed by atoms with van der Waals surface area (Å²) in [6.45, 7) is 0.681. The van der Waals surface area contributed by atoms with Gasteiger partial charge >= 0.3 is 5.97 Å². The van der Waals surface area contributed by atoms with Crippen LogP contribution >= 0.6 is 0 Å². The van der Waals surface area contributed by atoms with Gasteiger partial charge in [-0.15, -0.1) is 0 Å². The van der Waals surface area contributed by atoms with Crippen LogP contribution in [0.15, 0.2) is 42.7 Å². The van der Waals surface area contributed by atoms with Crippen molar-refractivity contribution in [1.29, 1.82) is 0 Å². The molecule has 1 aromatic heterocycles. The second kappa shape index (κ2) is 8.78. The lowest BCUT2D eigenvalue weighted by Crippen LogP contribution is -2.47. The molecule has 1 saturated carbocycles. The number of rotatable bonds is 7. The Bertz CT molecular complexity index is 851. The van der Waals surface area contributed by atoms with E-state index in [4.69, 9.17) is 0 Å². The number of carboxylic acids is 1. The maximum atomic E-state index is 12.5. The molecule has 154 valence electrons. The minimum Gasteiger partial charge on any atom is -0.480 e. The van der Waals surface area contributed by atoms with Crippen molar-refractivity contribution in [2.75, 3.05) is 13.1 Å². The molecule has 7 nitrogen and oxygen atoms in total. The Labute approximate surface area is 170 Å². The zero-order valence-corrected chi connectivity index (χ0v) is 16.5. The number of hydrogen-bond donors (Lipinski definition) is 2. The molecule has 1 amide bonds. The third-order valence-electron chi connectivity index (χ3n) is 6.23. The van der Waals surface area contributed by atoms with Crippen molar-refractivity contribution < 1.29 is 14.7 Å². The number of carbonyl (C=O) groups is 2. The fourth-order valence-electron chi connectivity index (χ4n) is 4.80. The van der Waals surface area contributed by atoms with Gasteiger partial charge in [0.15, 0.2) is 0 Å². The second-order valence-electron chi connectivity index (χ2n) is 8.10. The molecule has 2 aliphatic rings. The van der Waals surface area contributed by atoms with Crippen molar-refractivity contribution >= 4 is 11.9 Å². The zero-order valence-electron chi connectivity index (χ0n) is 16.5. The second-order valence-corrected chi connectivity index (χ2v) is 8.10. The molecule has 3 unspecified atom stereocenters. The van der Waals surface area contributed by atoms with Crippen LogP contribution in [-0.2, 0) is 16.0 Å². The van der Waals surface area contributed by atoms with Crippen LogP contribution in [0.2, 0.25) is 0 Å². The average molecular weight is 396 g/mol. The van der Waals surface area contributed by atoms with Crippen molar-refractivity contribution in [2.45, 2.75) is 50.6 Å². The smallest absolute Gasteiger partial charge is 0.320 e. The van der Waals surface area contributed by atoms with Crippen LogP contribution in [0, 0.1) is 5.92 Å². The van der Waals surface area contributed by atoms with Crippen molar-refractivity contribution in [3.8, 4) is 5.69 Å². The third-order valence-corrected chi connectivity index (χ3v) is 6.23. The largest absolute Gasteiger partial charge is 0.480 e. The normalized spacial score (nSPS) is 24.2. The number of fused-ring (bicyclic) bond motifs is 1. The number of hydrogen-bond acceptors (Lipinski definition) is 4. The van der Waals surface area contributed by atoms with E-state index < -0.39 is 12.0 Å². The zero-order chi connectivity index (χ0) is 20.2. The summed E-state index contributed by atoms with van der Waals surface area (Å²) >= 11 is 0. The highest BCUT2D eigenvalue weighted by molar-refractivity contribution is 5.80. The first kappa shape index (κ1) is 19.6. The highest BCUT2D eigenvalue weighted by atomic mass is 16.4. The number of carbonyl (C=O) groups excluding carboxylic acids is 1. The molecule has 2 aromatic rings. The van der Waals surface area contributed by atoms with Gasteiger partial charge in [-0.2, -0.15) is 5.10 Å². The van der Waals surface area contributed by atoms with Crippen LogP contribution in [0.5, 0.6) is 0 Å². The molecule has 0 bridgehead atoms. The molecule has 1 aliphatic heterocycles. The predicted octanol–water partition coefficient (Wildman–Crippen LogP) is 2.25. The first-order valence-electron chi connectivity index (χ1n) is 10.5. The van der Waals surface area contributed by atoms with Crippen LogP contribution in [-0.4, -0.2) is 56.8 Å². The number of aliphatic carboxylic acids is 1. The maximum Gasteiger partial charge on any atom is 0.320 e. The minimum absolute atomic E-state index is 0.0991. The third kappa shape index (κ3) is 4.50. The van der Waals surface area contributed by atoms with Gasteiger partial charge < -0.3 is 10.4 Å². The van der Waals surface area contributed by atoms with Crippen LogP contribution in [0.25, 0.3) is 5.69 Å². The molecule has 4 rings (SSSR count). The van der Waals surface area contributed by atoms with Gasteiger partial charge in [0.25, 0.3) is 0 Å². The highest BCUT2D eigenvalue weighted by Crippen LogP contribution is 2.39. The van der Waals surface area contributed by atoms with Gasteiger partial charge in [-0.1, -0.05) is 31.0 Å². The monoisotopic (exact) mass is 396 g/mol. The molecule has 1 saturated heterocycles. The molecule has 7 heteroatoms. The molecule has 2 N–H and O–H groups in total. The van der Waals surface area contributed by atoms with Gasteiger partial charge in [0.05, 0.1) is 18.4 Å². The summed E-state index contributed by atoms with van der Waals surface area (Å²) < 4.78 is 1.82. The van der Waals surface area contributed by atoms with E-state index in [0.29, 0.717) is 25.3 Å². The summed E-state index contributed by atoms with van der Waals surface area (Å²) in [6.07, 6.45) is 9.51. The summed E-state index contributed by atoms with van der Waals surface area (Å²) in [5, 5.41) is 16.9. The number of benzene rings is 1. The van der Waals surface area contributed by atoms with Gasteiger partial charge in [0.1, 0.15) is 6.04 Å². The molecule has 2 heterocycles. The van der Waals surface area contributed by atoms with E-state index in [2.05, 4.69) is 10.4 Å². The summed E-state index contributed by atoms with van der Waals surface area (Å²) in [4.78, 5) is 26.1. The summed E-state index contributed by atoms with van der Waals surface area (Å²) in [7, 11) is 0. The molecule has 0 spiro atoms. The molecule has 1 aliphatic carbocycles. The van der Waals surface area contributed by atoms with E-state index in [1.54, 1.807) is 0 Å². The fourth-order valence-corrected chi connectivity index (χ4v) is 4.80. The SMILES string of the molecule is O=C(CN1C(C(=O)O)CC2CCCCC21)NCCc1cnn(-c2ccccc2)c1. The van der Waals surface area contributed by atoms with Crippen molar-refractivity contribution in [2.24, 2.45) is 5.92 Å². The Morgan fingerprint density at radius 3 is 2.76 bits per heavy atom. The lowest BCUT2D eigenvalue weighted by molar-refractivity contribution is -0.143. The van der Waals surface area contributed by atoms with Crippen molar-refractivity contribution in [3.63, 3.8) is 0 Å². The summed E-state index contributed by atoms with van der Waals surface area (Å²) in [5.41, 5.74) is 2.05. The maximum absolute atomic E-state index is 12.5. The van der Waals surface area contributed by atoms with Crippen LogP contribution < -0.4 is 5.32 Å². The Morgan fingerprint density at radius 2 is 1.97 bits per heavy atom. The minimum atomic E-state index is -0.805. The van der Waals surface area contributed by atoms with E-state index in [1.165, 1.54) is 6.42 Å². The molecule has 1 aromatic carbocycles. The van der Waals surface area contributed by atoms with E-state index in [-0.39, 0.29) is 18.5 Å². The number of likely N-dealkylation sites (tertiary alicyclic amines) is 1. The van der Waals surface area contributed by atoms with Crippen LogP contribution in [0.3, 0.4) is 0 Å². The number of amides is 1. The topological polar surface area (TPSA) is 87.5 Å². The van der Waals surface area contributed by atoms with Gasteiger partial charge in [-0.3, -0.25) is 14.5 Å². The molecule has 29 heavy (non-hydrogen) atoms. The summed E-state index contributed by atoms with van der Waals surface area (Å²) in [6, 6.07) is 9.59. The molecule has 3 atom stereocenters. The first-order valence-corrected chi connectivity index (χ1v) is 10.5. The van der Waals surface area contributed by atoms with Crippen LogP contribution in [0.4, 0.5) is 0 Å². The number of carboxylic acid groups (broad SMARTS) is 1. The Morgan fingerprint density at radius 1 is 1.17 bits per heavy atom. The van der Waals surface area contributed by atoms with Crippen molar-refractivity contribution in [3.05, 3.63) is 48.3 Å². The Balaban J connectivity index is 1.29. The van der Waals surface area contributed by atoms with Crippen LogP contribution in [0.1, 0.15) is 37.7 Å². The van der Waals surface area contributed by atoms with E-state index in [0.717, 1.165) is 30.5 Å². The molecule has 2 fully saturated rings. The molecular formula is C22H28N4O3. The number of para-hydroxylation sites is 1. The average Bonchev–Trinajstić information content (AvgIpc) is 3.34. The van der Waals surface area contributed by atoms with Crippen molar-refractivity contribution in [1.82, 2.24) is 20.0 Å². The number of nitrogens with one attached hydrogen (secondary N) is 1. The summed E-state index contributed by atoms with van der Waals surface area (Å²) in [5.74, 6) is -0.486. The Kier molecular flexibility index (Phi) is 5.94. The first-order chi connectivity index (χ1) is 14.1. The van der Waals surface area contributed by atoms with E-state index in [1.807, 2.05) is 52.3 Å². The van der Waals surface area contributed by atoms with Gasteiger partial charge in [-0.25, -0.2) is 4.68 Å². The fraction of sp³-hybridized carbons (Fsp3) is 0.500. The number of nitrogens with zero attached hydrogens (tertiary/aromatic N) is 3. The number of aromatic nitrogens is 2. The Hall–Kier alpha value is -2.67.